The molecule has 0 saturated carbocycles. The summed E-state index contributed by atoms with van der Waals surface area (Å²) in [5, 5.41) is 0. The molecule has 0 bridgehead atoms. The summed E-state index contributed by atoms with van der Waals surface area (Å²) in [6, 6.07) is 14.8. The normalized spacial score (nSPS) is 19.9. The van der Waals surface area contributed by atoms with Crippen molar-refractivity contribution in [1.82, 2.24) is 9.80 Å². The highest BCUT2D eigenvalue weighted by Gasteiger charge is 2.30. The second-order valence-electron chi connectivity index (χ2n) is 7.50. The molecule has 1 saturated heterocycles. The van der Waals surface area contributed by atoms with Gasteiger partial charge in [0.25, 0.3) is 0 Å². The highest BCUT2D eigenvalue weighted by Crippen LogP contribution is 2.36. The monoisotopic (exact) mass is 380 g/mol. The van der Waals surface area contributed by atoms with Crippen molar-refractivity contribution in [3.05, 3.63) is 53.6 Å². The predicted octanol–water partition coefficient (Wildman–Crippen LogP) is 3.14. The Morgan fingerprint density at radius 3 is 2.57 bits per heavy atom. The number of ether oxygens (including phenoxy) is 2. The zero-order valence-corrected chi connectivity index (χ0v) is 16.7. The fraction of sp³-hybridized carbons (Fsp3) is 0.435. The van der Waals surface area contributed by atoms with Gasteiger partial charge in [0.05, 0.1) is 32.9 Å². The number of methoxy groups -OCH3 is 1. The Bertz CT molecular complexity index is 828. The molecule has 5 nitrogen and oxygen atoms in total. The van der Waals surface area contributed by atoms with Crippen molar-refractivity contribution in [2.45, 2.75) is 19.4 Å². The molecular weight excluding hydrogens is 352 g/mol. The summed E-state index contributed by atoms with van der Waals surface area (Å²) in [7, 11) is 1.68. The lowest BCUT2D eigenvalue weighted by molar-refractivity contribution is -0.136. The lowest BCUT2D eigenvalue weighted by Crippen LogP contribution is -2.47. The van der Waals surface area contributed by atoms with Crippen LogP contribution in [0.3, 0.4) is 0 Å². The Labute approximate surface area is 166 Å². The van der Waals surface area contributed by atoms with Crippen molar-refractivity contribution in [3.8, 4) is 16.9 Å². The third-order valence-electron chi connectivity index (χ3n) is 5.92. The van der Waals surface area contributed by atoms with Gasteiger partial charge < -0.3 is 14.4 Å². The highest BCUT2D eigenvalue weighted by atomic mass is 16.5. The topological polar surface area (TPSA) is 42.0 Å². The maximum atomic E-state index is 12.9. The summed E-state index contributed by atoms with van der Waals surface area (Å²) in [5.74, 6) is 1.08. The van der Waals surface area contributed by atoms with Crippen LogP contribution in [0.25, 0.3) is 11.1 Å². The van der Waals surface area contributed by atoms with Gasteiger partial charge in [-0.1, -0.05) is 30.3 Å². The number of amides is 1. The number of fused-ring (bicyclic) bond motifs is 1. The molecule has 0 aromatic heterocycles. The molecule has 28 heavy (non-hydrogen) atoms. The van der Waals surface area contributed by atoms with Gasteiger partial charge in [0, 0.05) is 19.6 Å². The molecule has 2 aromatic carbocycles. The molecule has 1 amide bonds. The van der Waals surface area contributed by atoms with E-state index >= 15 is 0 Å². The Morgan fingerprint density at radius 1 is 1.11 bits per heavy atom. The minimum Gasteiger partial charge on any atom is -0.497 e. The number of rotatable bonds is 4. The summed E-state index contributed by atoms with van der Waals surface area (Å²) >= 11 is 0. The number of hydrogen-bond donors (Lipinski definition) is 0. The average molecular weight is 380 g/mol. The van der Waals surface area contributed by atoms with Gasteiger partial charge in [0.2, 0.25) is 5.91 Å². The standard InChI is InChI=1S/C23H28N2O3/c1-17-20-4-3-5-21(18-6-8-19(27-2)9-7-18)22(20)10-11-25(17)23(26)16-24-12-14-28-15-13-24/h3-9,17H,10-16H2,1-2H3/t17-/m1/s1. The van der Waals surface area contributed by atoms with E-state index in [0.717, 1.165) is 45.0 Å². The van der Waals surface area contributed by atoms with E-state index in [1.54, 1.807) is 7.11 Å². The summed E-state index contributed by atoms with van der Waals surface area (Å²) < 4.78 is 10.7. The molecule has 2 heterocycles. The first kappa shape index (κ1) is 19.0. The number of carbonyl (C=O) groups excluding carboxylic acids is 1. The van der Waals surface area contributed by atoms with Crippen LogP contribution in [0.4, 0.5) is 0 Å². The predicted molar refractivity (Wildman–Crippen MR) is 110 cm³/mol. The summed E-state index contributed by atoms with van der Waals surface area (Å²) in [4.78, 5) is 17.2. The van der Waals surface area contributed by atoms with Gasteiger partial charge in [0.1, 0.15) is 5.75 Å². The number of hydrogen-bond acceptors (Lipinski definition) is 4. The minimum atomic E-state index is 0.0930. The molecule has 5 heteroatoms. The lowest BCUT2D eigenvalue weighted by atomic mass is 9.87. The number of carbonyl (C=O) groups is 1. The van der Waals surface area contributed by atoms with Crippen molar-refractivity contribution in [2.24, 2.45) is 0 Å². The molecule has 1 atom stereocenters. The van der Waals surface area contributed by atoms with E-state index in [2.05, 4.69) is 42.2 Å². The number of nitrogens with zero attached hydrogens (tertiary/aromatic N) is 2. The smallest absolute Gasteiger partial charge is 0.237 e. The van der Waals surface area contributed by atoms with E-state index in [-0.39, 0.29) is 11.9 Å². The van der Waals surface area contributed by atoms with Gasteiger partial charge >= 0.3 is 0 Å². The molecule has 4 rings (SSSR count). The fourth-order valence-electron chi connectivity index (χ4n) is 4.29. The van der Waals surface area contributed by atoms with Crippen LogP contribution in [0.2, 0.25) is 0 Å². The Morgan fingerprint density at radius 2 is 1.86 bits per heavy atom. The van der Waals surface area contributed by atoms with Crippen LogP contribution in [-0.4, -0.2) is 62.2 Å². The quantitative estimate of drug-likeness (QED) is 0.817. The van der Waals surface area contributed by atoms with Crippen molar-refractivity contribution in [3.63, 3.8) is 0 Å². The van der Waals surface area contributed by atoms with Gasteiger partial charge in [0.15, 0.2) is 0 Å². The fourth-order valence-corrected chi connectivity index (χ4v) is 4.29. The van der Waals surface area contributed by atoms with Crippen molar-refractivity contribution >= 4 is 5.91 Å². The largest absolute Gasteiger partial charge is 0.497 e. The van der Waals surface area contributed by atoms with Crippen molar-refractivity contribution in [2.75, 3.05) is 46.5 Å². The van der Waals surface area contributed by atoms with E-state index in [9.17, 15) is 4.79 Å². The molecule has 148 valence electrons. The SMILES string of the molecule is COc1ccc(-c2cccc3c2CCN(C(=O)CN2CCOCC2)[C@@H]3C)cc1. The van der Waals surface area contributed by atoms with Gasteiger partial charge in [-0.15, -0.1) is 0 Å². The maximum absolute atomic E-state index is 12.9. The Kier molecular flexibility index (Phi) is 5.64. The van der Waals surface area contributed by atoms with E-state index in [1.165, 1.54) is 22.3 Å². The Hall–Kier alpha value is -2.37. The van der Waals surface area contributed by atoms with Gasteiger partial charge in [-0.3, -0.25) is 9.69 Å². The van der Waals surface area contributed by atoms with Crippen LogP contribution in [0.15, 0.2) is 42.5 Å². The highest BCUT2D eigenvalue weighted by molar-refractivity contribution is 5.80. The van der Waals surface area contributed by atoms with Crippen LogP contribution >= 0.6 is 0 Å². The van der Waals surface area contributed by atoms with Crippen LogP contribution in [0, 0.1) is 0 Å². The van der Waals surface area contributed by atoms with Gasteiger partial charge in [-0.2, -0.15) is 0 Å². The summed E-state index contributed by atoms with van der Waals surface area (Å²) in [5.41, 5.74) is 5.07. The van der Waals surface area contributed by atoms with E-state index in [4.69, 9.17) is 9.47 Å². The molecule has 2 aliphatic rings. The molecule has 0 unspecified atom stereocenters. The van der Waals surface area contributed by atoms with E-state index < -0.39 is 0 Å². The zero-order valence-electron chi connectivity index (χ0n) is 16.7. The molecule has 0 radical (unpaired) electrons. The summed E-state index contributed by atoms with van der Waals surface area (Å²) in [6.07, 6.45) is 0.886. The molecule has 0 N–H and O–H groups in total. The van der Waals surface area contributed by atoms with Crippen LogP contribution in [0.5, 0.6) is 5.75 Å². The first-order chi connectivity index (χ1) is 13.7. The molecule has 0 spiro atoms. The zero-order chi connectivity index (χ0) is 19.5. The second kappa shape index (κ2) is 8.33. The first-order valence-electron chi connectivity index (χ1n) is 10.0. The third kappa shape index (κ3) is 3.77. The molecule has 1 fully saturated rings. The third-order valence-corrected chi connectivity index (χ3v) is 5.92. The van der Waals surface area contributed by atoms with Crippen molar-refractivity contribution in [1.29, 1.82) is 0 Å². The van der Waals surface area contributed by atoms with E-state index in [1.807, 2.05) is 17.0 Å². The molecule has 0 aliphatic carbocycles. The van der Waals surface area contributed by atoms with Crippen LogP contribution < -0.4 is 4.74 Å². The molecule has 2 aromatic rings. The van der Waals surface area contributed by atoms with Crippen LogP contribution in [-0.2, 0) is 16.0 Å². The van der Waals surface area contributed by atoms with Gasteiger partial charge in [-0.05, 0) is 47.7 Å². The first-order valence-corrected chi connectivity index (χ1v) is 10.0. The maximum Gasteiger partial charge on any atom is 0.237 e. The Balaban J connectivity index is 1.54. The molecule has 2 aliphatic heterocycles. The van der Waals surface area contributed by atoms with E-state index in [0.29, 0.717) is 6.54 Å². The summed E-state index contributed by atoms with van der Waals surface area (Å²) in [6.45, 7) is 6.52. The number of morpholine rings is 1. The second-order valence-corrected chi connectivity index (χ2v) is 7.50. The average Bonchev–Trinajstić information content (AvgIpc) is 2.74. The molecular formula is C23H28N2O3. The minimum absolute atomic E-state index is 0.0930. The van der Waals surface area contributed by atoms with Crippen molar-refractivity contribution < 1.29 is 14.3 Å². The van der Waals surface area contributed by atoms with Gasteiger partial charge in [-0.25, -0.2) is 0 Å². The number of benzene rings is 2. The van der Waals surface area contributed by atoms with Crippen LogP contribution in [0.1, 0.15) is 24.1 Å². The lowest BCUT2D eigenvalue weighted by Gasteiger charge is -2.38.